The summed E-state index contributed by atoms with van der Waals surface area (Å²) in [5.41, 5.74) is 9.05. The van der Waals surface area contributed by atoms with Gasteiger partial charge in [-0.2, -0.15) is 0 Å². The molecule has 0 fully saturated rings. The molecule has 0 spiro atoms. The fourth-order valence-corrected chi connectivity index (χ4v) is 4.27. The molecule has 3 aromatic carbocycles. The molecule has 178 valence electrons. The summed E-state index contributed by atoms with van der Waals surface area (Å²) < 4.78 is 0. The molecule has 0 aromatic heterocycles. The fraction of sp³-hybridized carbons (Fsp3) is 0.185. The summed E-state index contributed by atoms with van der Waals surface area (Å²) in [4.78, 5) is 40.5. The van der Waals surface area contributed by atoms with Gasteiger partial charge in [0.25, 0.3) is 0 Å². The van der Waals surface area contributed by atoms with E-state index in [0.29, 0.717) is 16.8 Å². The van der Waals surface area contributed by atoms with Gasteiger partial charge in [0.2, 0.25) is 11.8 Å². The number of nitrogens with zero attached hydrogens (tertiary/aromatic N) is 1. The van der Waals surface area contributed by atoms with Crippen LogP contribution in [0.25, 0.3) is 0 Å². The maximum Gasteiger partial charge on any atom is 0.326 e. The number of anilines is 1. The van der Waals surface area contributed by atoms with Crippen LogP contribution in [0.2, 0.25) is 0 Å². The smallest absolute Gasteiger partial charge is 0.326 e. The first-order valence-corrected chi connectivity index (χ1v) is 11.2. The van der Waals surface area contributed by atoms with E-state index in [1.807, 2.05) is 30.3 Å². The van der Waals surface area contributed by atoms with E-state index < -0.39 is 29.7 Å². The number of amidine groups is 1. The third kappa shape index (κ3) is 5.38. The Morgan fingerprint density at radius 2 is 1.60 bits per heavy atom. The second-order valence-corrected chi connectivity index (χ2v) is 8.52. The standard InChI is InChI=1S/C27H26N4O4/c28-24(29)18-12-10-17(11-13-18)14-22(25(32)30-21-8-2-1-3-9-21)26(33)31-16-20-7-5-4-6-19(20)15-23(31)27(34)35/h1-13,22-23H,14-16H2,(H3,28,29)(H,30,32)(H,34,35)/t22?,23-/m0/s1. The largest absolute Gasteiger partial charge is 0.480 e. The third-order valence-electron chi connectivity index (χ3n) is 6.18. The first-order valence-electron chi connectivity index (χ1n) is 11.2. The van der Waals surface area contributed by atoms with Crippen molar-refractivity contribution in [3.05, 3.63) is 101 Å². The van der Waals surface area contributed by atoms with E-state index in [2.05, 4.69) is 5.32 Å². The predicted molar refractivity (Wildman–Crippen MR) is 132 cm³/mol. The van der Waals surface area contributed by atoms with Crippen molar-refractivity contribution in [2.24, 2.45) is 11.7 Å². The van der Waals surface area contributed by atoms with Crippen LogP contribution in [0, 0.1) is 11.3 Å². The number of rotatable bonds is 7. The summed E-state index contributed by atoms with van der Waals surface area (Å²) in [7, 11) is 0. The molecule has 0 aliphatic carbocycles. The van der Waals surface area contributed by atoms with Gasteiger partial charge in [-0.05, 0) is 35.2 Å². The number of hydrogen-bond acceptors (Lipinski definition) is 4. The molecule has 2 amide bonds. The van der Waals surface area contributed by atoms with Crippen LogP contribution in [0.4, 0.5) is 5.69 Å². The summed E-state index contributed by atoms with van der Waals surface area (Å²) in [6.45, 7) is 0.115. The minimum Gasteiger partial charge on any atom is -0.480 e. The molecule has 4 rings (SSSR count). The molecule has 8 heteroatoms. The number of aliphatic carboxylic acids is 1. The zero-order valence-corrected chi connectivity index (χ0v) is 19.0. The van der Waals surface area contributed by atoms with Crippen molar-refractivity contribution in [3.63, 3.8) is 0 Å². The molecular formula is C27H26N4O4. The minimum absolute atomic E-state index is 0.0696. The molecule has 0 radical (unpaired) electrons. The Bertz CT molecular complexity index is 1260. The highest BCUT2D eigenvalue weighted by Crippen LogP contribution is 2.27. The SMILES string of the molecule is N=C(N)c1ccc(CC(C(=O)Nc2ccccc2)C(=O)N2Cc3ccccc3C[C@H]2C(=O)O)cc1. The van der Waals surface area contributed by atoms with Crippen LogP contribution in [0.15, 0.2) is 78.9 Å². The van der Waals surface area contributed by atoms with Crippen molar-refractivity contribution < 1.29 is 19.5 Å². The first kappa shape index (κ1) is 23.7. The molecule has 5 N–H and O–H groups in total. The highest BCUT2D eigenvalue weighted by atomic mass is 16.4. The topological polar surface area (TPSA) is 137 Å². The van der Waals surface area contributed by atoms with Crippen molar-refractivity contribution in [2.45, 2.75) is 25.4 Å². The van der Waals surface area contributed by atoms with Gasteiger partial charge in [0, 0.05) is 24.2 Å². The Morgan fingerprint density at radius 1 is 0.971 bits per heavy atom. The number of benzene rings is 3. The van der Waals surface area contributed by atoms with Gasteiger partial charge in [-0.3, -0.25) is 15.0 Å². The Hall–Kier alpha value is -4.46. The molecule has 1 heterocycles. The number of hydrogen-bond donors (Lipinski definition) is 4. The van der Waals surface area contributed by atoms with Gasteiger partial charge in [-0.15, -0.1) is 0 Å². The number of nitrogen functional groups attached to an aromatic ring is 1. The number of carboxylic acid groups (broad SMARTS) is 1. The van der Waals surface area contributed by atoms with Gasteiger partial charge in [-0.1, -0.05) is 66.7 Å². The van der Waals surface area contributed by atoms with Crippen LogP contribution in [0.3, 0.4) is 0 Å². The Labute approximate surface area is 202 Å². The summed E-state index contributed by atoms with van der Waals surface area (Å²) in [5.74, 6) is -3.40. The number of fused-ring (bicyclic) bond motifs is 1. The quantitative estimate of drug-likeness (QED) is 0.239. The van der Waals surface area contributed by atoms with Crippen LogP contribution < -0.4 is 11.1 Å². The van der Waals surface area contributed by atoms with Crippen molar-refractivity contribution in [2.75, 3.05) is 5.32 Å². The van der Waals surface area contributed by atoms with Crippen LogP contribution >= 0.6 is 0 Å². The lowest BCUT2D eigenvalue weighted by atomic mass is 9.90. The highest BCUT2D eigenvalue weighted by Gasteiger charge is 2.39. The Kier molecular flexibility index (Phi) is 6.91. The second kappa shape index (κ2) is 10.2. The number of nitrogens with two attached hydrogens (primary N) is 1. The molecule has 1 unspecified atom stereocenters. The summed E-state index contributed by atoms with van der Waals surface area (Å²) in [6, 6.07) is 21.9. The molecule has 8 nitrogen and oxygen atoms in total. The Balaban J connectivity index is 1.65. The molecule has 0 saturated heterocycles. The molecule has 3 aromatic rings. The maximum atomic E-state index is 13.8. The number of nitrogens with one attached hydrogen (secondary N) is 2. The van der Waals surface area contributed by atoms with E-state index in [1.54, 1.807) is 48.5 Å². The number of carboxylic acids is 1. The third-order valence-corrected chi connectivity index (χ3v) is 6.18. The average molecular weight is 471 g/mol. The van der Waals surface area contributed by atoms with E-state index in [4.69, 9.17) is 11.1 Å². The number of carbonyl (C=O) groups is 3. The summed E-state index contributed by atoms with van der Waals surface area (Å²) in [6.07, 6.45) is 0.248. The monoisotopic (exact) mass is 470 g/mol. The lowest BCUT2D eigenvalue weighted by Crippen LogP contribution is -2.52. The lowest BCUT2D eigenvalue weighted by Gasteiger charge is -2.36. The van der Waals surface area contributed by atoms with Crippen molar-refractivity contribution in [3.8, 4) is 0 Å². The van der Waals surface area contributed by atoms with Gasteiger partial charge in [-0.25, -0.2) is 4.79 Å². The molecule has 0 bridgehead atoms. The van der Waals surface area contributed by atoms with Crippen molar-refractivity contribution >= 4 is 29.3 Å². The molecule has 2 atom stereocenters. The van der Waals surface area contributed by atoms with Crippen molar-refractivity contribution in [1.82, 2.24) is 4.90 Å². The normalized spacial score (nSPS) is 15.5. The fourth-order valence-electron chi connectivity index (χ4n) is 4.27. The first-order chi connectivity index (χ1) is 16.8. The second-order valence-electron chi connectivity index (χ2n) is 8.52. The lowest BCUT2D eigenvalue weighted by molar-refractivity contribution is -0.154. The molecule has 35 heavy (non-hydrogen) atoms. The van der Waals surface area contributed by atoms with Crippen molar-refractivity contribution in [1.29, 1.82) is 5.41 Å². The van der Waals surface area contributed by atoms with E-state index in [0.717, 1.165) is 11.1 Å². The average Bonchev–Trinajstić information content (AvgIpc) is 2.86. The van der Waals surface area contributed by atoms with E-state index >= 15 is 0 Å². The van der Waals surface area contributed by atoms with E-state index in [1.165, 1.54) is 4.90 Å². The van der Waals surface area contributed by atoms with E-state index in [-0.39, 0.29) is 25.2 Å². The highest BCUT2D eigenvalue weighted by molar-refractivity contribution is 6.07. The number of carbonyl (C=O) groups excluding carboxylic acids is 2. The number of amides is 2. The molecule has 1 aliphatic rings. The van der Waals surface area contributed by atoms with Gasteiger partial charge in [0.1, 0.15) is 17.8 Å². The van der Waals surface area contributed by atoms with Crippen LogP contribution in [-0.2, 0) is 33.8 Å². The summed E-state index contributed by atoms with van der Waals surface area (Å²) in [5, 5.41) is 20.2. The zero-order valence-electron chi connectivity index (χ0n) is 19.0. The van der Waals surface area contributed by atoms with E-state index in [9.17, 15) is 19.5 Å². The molecule has 1 aliphatic heterocycles. The van der Waals surface area contributed by atoms with Gasteiger partial charge in [0.05, 0.1) is 0 Å². The summed E-state index contributed by atoms with van der Waals surface area (Å²) >= 11 is 0. The molecule has 0 saturated carbocycles. The van der Waals surface area contributed by atoms with Gasteiger partial charge < -0.3 is 21.1 Å². The van der Waals surface area contributed by atoms with Crippen LogP contribution in [0.5, 0.6) is 0 Å². The predicted octanol–water partition coefficient (Wildman–Crippen LogP) is 2.81. The Morgan fingerprint density at radius 3 is 2.23 bits per heavy atom. The maximum absolute atomic E-state index is 13.8. The minimum atomic E-state index is -1.15. The van der Waals surface area contributed by atoms with Crippen LogP contribution in [-0.4, -0.2) is 39.7 Å². The van der Waals surface area contributed by atoms with Crippen LogP contribution in [0.1, 0.15) is 22.3 Å². The van der Waals surface area contributed by atoms with Gasteiger partial charge >= 0.3 is 5.97 Å². The molecular weight excluding hydrogens is 444 g/mol. The zero-order chi connectivity index (χ0) is 24.9. The number of para-hydroxylation sites is 1. The van der Waals surface area contributed by atoms with Gasteiger partial charge in [0.15, 0.2) is 0 Å².